The van der Waals surface area contributed by atoms with Gasteiger partial charge in [-0.15, -0.1) is 0 Å². The van der Waals surface area contributed by atoms with E-state index in [0.717, 1.165) is 17.3 Å². The monoisotopic (exact) mass is 577 g/mol. The molecule has 9 heteroatoms. The van der Waals surface area contributed by atoms with Gasteiger partial charge in [-0.05, 0) is 74.7 Å². The number of carbonyl (C=O) groups excluding carboxylic acids is 2. The summed E-state index contributed by atoms with van der Waals surface area (Å²) in [6.07, 6.45) is 1.66. The molecule has 0 N–H and O–H groups in total. The summed E-state index contributed by atoms with van der Waals surface area (Å²) < 4.78 is 12.1. The Morgan fingerprint density at radius 2 is 1.76 bits per heavy atom. The molecular weight excluding hydrogens is 561 g/mol. The van der Waals surface area contributed by atoms with Gasteiger partial charge in [-0.2, -0.15) is 0 Å². The van der Waals surface area contributed by atoms with Gasteiger partial charge in [0, 0.05) is 0 Å². The molecule has 1 fully saturated rings. The fourth-order valence-corrected chi connectivity index (χ4v) is 5.03. The Bertz CT molecular complexity index is 1280. The third-order valence-corrected chi connectivity index (χ3v) is 7.21. The van der Waals surface area contributed by atoms with E-state index in [1.165, 1.54) is 4.90 Å². The van der Waals surface area contributed by atoms with E-state index in [1.54, 1.807) is 37.5 Å². The van der Waals surface area contributed by atoms with Crippen LogP contribution in [0, 0.1) is 0 Å². The highest BCUT2D eigenvalue weighted by Crippen LogP contribution is 2.40. The third-order valence-electron chi connectivity index (χ3n) is 4.97. The maximum absolute atomic E-state index is 12.9. The molecule has 0 spiro atoms. The predicted molar refractivity (Wildman–Crippen MR) is 139 cm³/mol. The standard InChI is InChI=1S/C25H18BrCl2NO4S/c1-32-21-11-17(9-18(26)23(21)33-14-15-5-3-2-4-6-15)12-22-24(30)29(25(31)34-22)13-16-7-8-19(27)20(28)10-16/h2-12H,13-14H2,1H3/b22-12-. The number of thioether (sulfide) groups is 1. The van der Waals surface area contributed by atoms with Crippen molar-refractivity contribution in [2.75, 3.05) is 7.11 Å². The first-order valence-electron chi connectivity index (χ1n) is 10.1. The Balaban J connectivity index is 1.53. The SMILES string of the molecule is COc1cc(/C=C2\SC(=O)N(Cc3ccc(Cl)c(Cl)c3)C2=O)cc(Br)c1OCc1ccccc1. The second-order valence-electron chi connectivity index (χ2n) is 7.32. The zero-order chi connectivity index (χ0) is 24.2. The van der Waals surface area contributed by atoms with E-state index in [1.807, 2.05) is 36.4 Å². The van der Waals surface area contributed by atoms with Crippen molar-refractivity contribution in [3.63, 3.8) is 0 Å². The van der Waals surface area contributed by atoms with E-state index in [-0.39, 0.29) is 17.7 Å². The van der Waals surface area contributed by atoms with Gasteiger partial charge in [-0.1, -0.05) is 59.6 Å². The topological polar surface area (TPSA) is 55.8 Å². The fraction of sp³-hybridized carbons (Fsp3) is 0.120. The average molecular weight is 579 g/mol. The number of ether oxygens (including phenoxy) is 2. The average Bonchev–Trinajstić information content (AvgIpc) is 3.08. The van der Waals surface area contributed by atoms with Crippen LogP contribution in [0.4, 0.5) is 4.79 Å². The molecule has 4 rings (SSSR count). The van der Waals surface area contributed by atoms with Crippen LogP contribution in [0.3, 0.4) is 0 Å². The number of hydrogen-bond donors (Lipinski definition) is 0. The van der Waals surface area contributed by atoms with Gasteiger partial charge >= 0.3 is 0 Å². The summed E-state index contributed by atoms with van der Waals surface area (Å²) in [6.45, 7) is 0.487. The Morgan fingerprint density at radius 3 is 2.47 bits per heavy atom. The van der Waals surface area contributed by atoms with Crippen LogP contribution in [-0.4, -0.2) is 23.2 Å². The van der Waals surface area contributed by atoms with Crippen LogP contribution < -0.4 is 9.47 Å². The highest BCUT2D eigenvalue weighted by Gasteiger charge is 2.35. The van der Waals surface area contributed by atoms with Gasteiger partial charge in [0.1, 0.15) is 6.61 Å². The summed E-state index contributed by atoms with van der Waals surface area (Å²) >= 11 is 16.4. The molecule has 0 saturated carbocycles. The summed E-state index contributed by atoms with van der Waals surface area (Å²) in [5, 5.41) is 0.430. The number of imide groups is 1. The van der Waals surface area contributed by atoms with Crippen molar-refractivity contribution in [1.82, 2.24) is 4.90 Å². The van der Waals surface area contributed by atoms with E-state index in [2.05, 4.69) is 15.9 Å². The molecule has 0 radical (unpaired) electrons. The largest absolute Gasteiger partial charge is 0.493 e. The van der Waals surface area contributed by atoms with Gasteiger partial charge in [0.25, 0.3) is 11.1 Å². The highest BCUT2D eigenvalue weighted by molar-refractivity contribution is 9.10. The predicted octanol–water partition coefficient (Wildman–Crippen LogP) is 7.58. The number of hydrogen-bond acceptors (Lipinski definition) is 5. The number of carbonyl (C=O) groups is 2. The fourth-order valence-electron chi connectivity index (χ4n) is 3.30. The van der Waals surface area contributed by atoms with Crippen molar-refractivity contribution in [2.24, 2.45) is 0 Å². The molecule has 1 aliphatic heterocycles. The molecular formula is C25H18BrCl2NO4S. The molecule has 0 bridgehead atoms. The Hall–Kier alpha value is -2.45. The molecule has 3 aromatic carbocycles. The first-order chi connectivity index (χ1) is 16.4. The molecule has 174 valence electrons. The molecule has 2 amide bonds. The van der Waals surface area contributed by atoms with E-state index >= 15 is 0 Å². The maximum Gasteiger partial charge on any atom is 0.293 e. The van der Waals surface area contributed by atoms with Crippen LogP contribution in [0.2, 0.25) is 10.0 Å². The lowest BCUT2D eigenvalue weighted by molar-refractivity contribution is -0.123. The summed E-state index contributed by atoms with van der Waals surface area (Å²) in [4.78, 5) is 26.9. The molecule has 34 heavy (non-hydrogen) atoms. The maximum atomic E-state index is 12.9. The van der Waals surface area contributed by atoms with Crippen LogP contribution in [0.25, 0.3) is 6.08 Å². The molecule has 1 saturated heterocycles. The number of halogens is 3. The minimum atomic E-state index is -0.374. The molecule has 0 unspecified atom stereocenters. The lowest BCUT2D eigenvalue weighted by Gasteiger charge is -2.14. The van der Waals surface area contributed by atoms with Crippen molar-refractivity contribution in [1.29, 1.82) is 0 Å². The third kappa shape index (κ3) is 5.61. The lowest BCUT2D eigenvalue weighted by atomic mass is 10.1. The molecule has 0 atom stereocenters. The molecule has 1 heterocycles. The highest BCUT2D eigenvalue weighted by atomic mass is 79.9. The van der Waals surface area contributed by atoms with Gasteiger partial charge in [0.15, 0.2) is 11.5 Å². The van der Waals surface area contributed by atoms with Crippen molar-refractivity contribution in [2.45, 2.75) is 13.2 Å². The van der Waals surface area contributed by atoms with Gasteiger partial charge < -0.3 is 9.47 Å². The zero-order valence-corrected chi connectivity index (χ0v) is 21.8. The second kappa shape index (κ2) is 10.9. The first kappa shape index (κ1) is 24.7. The summed E-state index contributed by atoms with van der Waals surface area (Å²) in [6, 6.07) is 18.4. The number of nitrogens with zero attached hydrogens (tertiary/aromatic N) is 1. The number of amides is 2. The minimum Gasteiger partial charge on any atom is -0.493 e. The minimum absolute atomic E-state index is 0.109. The van der Waals surface area contributed by atoms with E-state index in [4.69, 9.17) is 32.7 Å². The Kier molecular flexibility index (Phi) is 7.88. The van der Waals surface area contributed by atoms with E-state index in [0.29, 0.717) is 48.7 Å². The number of benzene rings is 3. The lowest BCUT2D eigenvalue weighted by Crippen LogP contribution is -2.27. The summed E-state index contributed by atoms with van der Waals surface area (Å²) in [5.74, 6) is 0.684. The second-order valence-corrected chi connectivity index (χ2v) is 9.99. The van der Waals surface area contributed by atoms with E-state index < -0.39 is 0 Å². The Morgan fingerprint density at radius 1 is 1.00 bits per heavy atom. The molecule has 5 nitrogen and oxygen atoms in total. The van der Waals surface area contributed by atoms with Crippen LogP contribution in [0.1, 0.15) is 16.7 Å². The first-order valence-corrected chi connectivity index (χ1v) is 12.5. The smallest absolute Gasteiger partial charge is 0.293 e. The van der Waals surface area contributed by atoms with E-state index in [9.17, 15) is 9.59 Å². The quantitative estimate of drug-likeness (QED) is 0.270. The van der Waals surface area contributed by atoms with Crippen molar-refractivity contribution in [3.8, 4) is 11.5 Å². The van der Waals surface area contributed by atoms with Crippen molar-refractivity contribution >= 4 is 68.1 Å². The molecule has 0 aromatic heterocycles. The van der Waals surface area contributed by atoms with Crippen molar-refractivity contribution < 1.29 is 19.1 Å². The van der Waals surface area contributed by atoms with Crippen LogP contribution >= 0.6 is 50.9 Å². The molecule has 1 aliphatic rings. The van der Waals surface area contributed by atoms with Gasteiger partial charge in [-0.3, -0.25) is 14.5 Å². The zero-order valence-electron chi connectivity index (χ0n) is 17.9. The van der Waals surface area contributed by atoms with Crippen LogP contribution in [-0.2, 0) is 17.9 Å². The number of rotatable bonds is 7. The van der Waals surface area contributed by atoms with Crippen LogP contribution in [0.5, 0.6) is 11.5 Å². The normalized spacial score (nSPS) is 14.7. The van der Waals surface area contributed by atoms with Crippen LogP contribution in [0.15, 0.2) is 70.0 Å². The molecule has 0 aliphatic carbocycles. The van der Waals surface area contributed by atoms with Gasteiger partial charge in [0.05, 0.1) is 33.1 Å². The molecule has 3 aromatic rings. The summed E-state index contributed by atoms with van der Waals surface area (Å²) in [5.41, 5.74) is 2.43. The Labute approximate surface area is 219 Å². The van der Waals surface area contributed by atoms with Gasteiger partial charge in [-0.25, -0.2) is 0 Å². The number of methoxy groups -OCH3 is 1. The summed E-state index contributed by atoms with van der Waals surface area (Å²) in [7, 11) is 1.55. The van der Waals surface area contributed by atoms with Crippen molar-refractivity contribution in [3.05, 3.63) is 96.8 Å². The van der Waals surface area contributed by atoms with Gasteiger partial charge in [0.2, 0.25) is 0 Å².